The number of carbonyl (C=O) groups is 3. The summed E-state index contributed by atoms with van der Waals surface area (Å²) in [6, 6.07) is 12.6. The fraction of sp³-hybridized carbons (Fsp3) is 0.414. The molecule has 2 atom stereocenters. The van der Waals surface area contributed by atoms with E-state index in [4.69, 9.17) is 0 Å². The summed E-state index contributed by atoms with van der Waals surface area (Å²) in [4.78, 5) is 38.9. The number of aryl methyl sites for hydroxylation is 1. The standard InChI is InChI=1S/C29H35N3O4/c1-18(2)20-6-11-24(12-7-20)31-29(36)32-16-4-5-26(32)27(33)30-23-13-8-21(9-14-23)22-10-15-25(28(34)35)19(3)17-22/h6-8,10-12,15,17-18,23,26H,4-5,9,13-14,16H2,1-3H3,(H,30,33)(H,31,36)(H,34,35)/t23?,26-/m1/s1. The maximum Gasteiger partial charge on any atom is 0.335 e. The molecule has 1 heterocycles. The Morgan fingerprint density at radius 2 is 1.81 bits per heavy atom. The zero-order chi connectivity index (χ0) is 25.8. The van der Waals surface area contributed by atoms with Crippen molar-refractivity contribution in [2.75, 3.05) is 11.9 Å². The van der Waals surface area contributed by atoms with E-state index in [1.165, 1.54) is 11.1 Å². The number of nitrogens with one attached hydrogen (secondary N) is 2. The number of hydrogen-bond acceptors (Lipinski definition) is 3. The number of nitrogens with zero attached hydrogens (tertiary/aromatic N) is 1. The number of urea groups is 1. The summed E-state index contributed by atoms with van der Waals surface area (Å²) in [5, 5.41) is 15.3. The predicted molar refractivity (Wildman–Crippen MR) is 141 cm³/mol. The van der Waals surface area contributed by atoms with Crippen LogP contribution in [0.1, 0.15) is 78.9 Å². The molecule has 0 aromatic heterocycles. The van der Waals surface area contributed by atoms with Crippen molar-refractivity contribution < 1.29 is 19.5 Å². The zero-order valence-corrected chi connectivity index (χ0v) is 21.2. The molecule has 2 aliphatic rings. The number of carboxylic acid groups (broad SMARTS) is 1. The van der Waals surface area contributed by atoms with Crippen molar-refractivity contribution in [2.45, 2.75) is 70.9 Å². The smallest absolute Gasteiger partial charge is 0.335 e. The van der Waals surface area contributed by atoms with Gasteiger partial charge in [0.05, 0.1) is 5.56 Å². The quantitative estimate of drug-likeness (QED) is 0.494. The Hall–Kier alpha value is -3.61. The minimum Gasteiger partial charge on any atom is -0.478 e. The van der Waals surface area contributed by atoms with Gasteiger partial charge in [-0.15, -0.1) is 0 Å². The molecule has 4 rings (SSSR count). The molecule has 0 bridgehead atoms. The van der Waals surface area contributed by atoms with Crippen molar-refractivity contribution in [1.82, 2.24) is 10.2 Å². The molecule has 3 N–H and O–H groups in total. The number of rotatable bonds is 6. The largest absolute Gasteiger partial charge is 0.478 e. The number of carboxylic acids is 1. The van der Waals surface area contributed by atoms with Crippen LogP contribution in [-0.4, -0.2) is 46.5 Å². The number of benzene rings is 2. The molecule has 0 spiro atoms. The highest BCUT2D eigenvalue weighted by Crippen LogP contribution is 2.29. The number of amides is 3. The maximum atomic E-state index is 13.1. The van der Waals surface area contributed by atoms with Crippen molar-refractivity contribution in [2.24, 2.45) is 0 Å². The van der Waals surface area contributed by atoms with Gasteiger partial charge in [0.15, 0.2) is 0 Å². The SMILES string of the molecule is Cc1cc(C2=CCC(NC(=O)[C@H]3CCCN3C(=O)Nc3ccc(C(C)C)cc3)CC2)ccc1C(=O)O. The third kappa shape index (κ3) is 5.78. The van der Waals surface area contributed by atoms with E-state index in [1.807, 2.05) is 43.3 Å². The van der Waals surface area contributed by atoms with E-state index in [2.05, 4.69) is 30.6 Å². The fourth-order valence-corrected chi connectivity index (χ4v) is 5.06. The molecule has 36 heavy (non-hydrogen) atoms. The summed E-state index contributed by atoms with van der Waals surface area (Å²) in [6.45, 7) is 6.63. The van der Waals surface area contributed by atoms with Crippen LogP contribution >= 0.6 is 0 Å². The van der Waals surface area contributed by atoms with Crippen molar-refractivity contribution >= 4 is 29.2 Å². The number of aromatic carboxylic acids is 1. The number of anilines is 1. The summed E-state index contributed by atoms with van der Waals surface area (Å²) in [5.74, 6) is -0.590. The molecule has 0 radical (unpaired) electrons. The monoisotopic (exact) mass is 489 g/mol. The summed E-state index contributed by atoms with van der Waals surface area (Å²) in [6.07, 6.45) is 5.91. The van der Waals surface area contributed by atoms with Crippen LogP contribution in [0.5, 0.6) is 0 Å². The molecule has 1 aliphatic carbocycles. The first kappa shape index (κ1) is 25.5. The van der Waals surface area contributed by atoms with E-state index in [0.29, 0.717) is 30.9 Å². The van der Waals surface area contributed by atoms with Gasteiger partial charge in [-0.05, 0) is 85.4 Å². The number of allylic oxidation sites excluding steroid dienone is 1. The lowest BCUT2D eigenvalue weighted by Crippen LogP contribution is -2.50. The van der Waals surface area contributed by atoms with Crippen molar-refractivity contribution in [3.63, 3.8) is 0 Å². The lowest BCUT2D eigenvalue weighted by molar-refractivity contribution is -0.125. The topological polar surface area (TPSA) is 98.7 Å². The average molecular weight is 490 g/mol. The van der Waals surface area contributed by atoms with Crippen LogP contribution in [0.25, 0.3) is 5.57 Å². The predicted octanol–water partition coefficient (Wildman–Crippen LogP) is 5.57. The molecule has 1 aliphatic heterocycles. The average Bonchev–Trinajstić information content (AvgIpc) is 3.35. The van der Waals surface area contributed by atoms with Gasteiger partial charge in [-0.1, -0.05) is 44.2 Å². The molecule has 1 unspecified atom stereocenters. The fourth-order valence-electron chi connectivity index (χ4n) is 5.06. The van der Waals surface area contributed by atoms with Crippen LogP contribution in [0.3, 0.4) is 0 Å². The highest BCUT2D eigenvalue weighted by Gasteiger charge is 2.35. The first-order valence-electron chi connectivity index (χ1n) is 12.7. The zero-order valence-electron chi connectivity index (χ0n) is 21.2. The van der Waals surface area contributed by atoms with Gasteiger partial charge in [-0.25, -0.2) is 9.59 Å². The molecule has 190 valence electrons. The second-order valence-corrected chi connectivity index (χ2v) is 10.1. The van der Waals surface area contributed by atoms with Crippen LogP contribution in [0.15, 0.2) is 48.5 Å². The van der Waals surface area contributed by atoms with E-state index >= 15 is 0 Å². The minimum atomic E-state index is -0.918. The molecule has 2 aromatic carbocycles. The molecule has 3 amide bonds. The Morgan fingerprint density at radius 1 is 1.06 bits per heavy atom. The molecule has 1 fully saturated rings. The molecule has 0 saturated carbocycles. The van der Waals surface area contributed by atoms with Gasteiger partial charge in [0.25, 0.3) is 0 Å². The van der Waals surface area contributed by atoms with Crippen LogP contribution in [0, 0.1) is 6.92 Å². The maximum absolute atomic E-state index is 13.1. The molecular formula is C29H35N3O4. The van der Waals surface area contributed by atoms with Gasteiger partial charge in [0, 0.05) is 18.3 Å². The van der Waals surface area contributed by atoms with Crippen molar-refractivity contribution in [3.8, 4) is 0 Å². The summed E-state index contributed by atoms with van der Waals surface area (Å²) in [7, 11) is 0. The Morgan fingerprint density at radius 3 is 2.42 bits per heavy atom. The van der Waals surface area contributed by atoms with Gasteiger partial charge < -0.3 is 20.6 Å². The third-order valence-corrected chi connectivity index (χ3v) is 7.23. The Kier molecular flexibility index (Phi) is 7.77. The molecule has 7 nitrogen and oxygen atoms in total. The van der Waals surface area contributed by atoms with Crippen LogP contribution in [-0.2, 0) is 4.79 Å². The molecular weight excluding hydrogens is 454 g/mol. The first-order chi connectivity index (χ1) is 17.2. The van der Waals surface area contributed by atoms with Gasteiger partial charge in [-0.2, -0.15) is 0 Å². The Bertz CT molecular complexity index is 1170. The lowest BCUT2D eigenvalue weighted by Gasteiger charge is -2.28. The third-order valence-electron chi connectivity index (χ3n) is 7.23. The Labute approximate surface area is 212 Å². The van der Waals surface area contributed by atoms with Crippen LogP contribution in [0.4, 0.5) is 10.5 Å². The van der Waals surface area contributed by atoms with Crippen molar-refractivity contribution in [1.29, 1.82) is 0 Å². The van der Waals surface area contributed by atoms with E-state index in [1.54, 1.807) is 11.0 Å². The number of carbonyl (C=O) groups excluding carboxylic acids is 2. The first-order valence-corrected chi connectivity index (χ1v) is 12.7. The summed E-state index contributed by atoms with van der Waals surface area (Å²) < 4.78 is 0. The Balaban J connectivity index is 1.33. The van der Waals surface area contributed by atoms with Crippen LogP contribution < -0.4 is 10.6 Å². The van der Waals surface area contributed by atoms with Crippen LogP contribution in [0.2, 0.25) is 0 Å². The molecule has 2 aromatic rings. The molecule has 7 heteroatoms. The minimum absolute atomic E-state index is 0.0229. The van der Waals surface area contributed by atoms with E-state index in [9.17, 15) is 19.5 Å². The van der Waals surface area contributed by atoms with Gasteiger partial charge in [0.1, 0.15) is 6.04 Å². The highest BCUT2D eigenvalue weighted by atomic mass is 16.4. The second kappa shape index (κ2) is 11.0. The van der Waals surface area contributed by atoms with Crippen molar-refractivity contribution in [3.05, 3.63) is 70.8 Å². The highest BCUT2D eigenvalue weighted by molar-refractivity contribution is 5.94. The number of likely N-dealkylation sites (tertiary alicyclic amines) is 1. The normalized spacial score (nSPS) is 19.7. The van der Waals surface area contributed by atoms with Gasteiger partial charge >= 0.3 is 12.0 Å². The van der Waals surface area contributed by atoms with Gasteiger partial charge in [-0.3, -0.25) is 4.79 Å². The summed E-state index contributed by atoms with van der Waals surface area (Å²) >= 11 is 0. The van der Waals surface area contributed by atoms with E-state index in [-0.39, 0.29) is 18.0 Å². The van der Waals surface area contributed by atoms with E-state index in [0.717, 1.165) is 36.1 Å². The molecule has 1 saturated heterocycles. The van der Waals surface area contributed by atoms with E-state index < -0.39 is 12.0 Å². The second-order valence-electron chi connectivity index (χ2n) is 10.1. The number of hydrogen-bond donors (Lipinski definition) is 3. The lowest BCUT2D eigenvalue weighted by atomic mass is 9.89. The van der Waals surface area contributed by atoms with Gasteiger partial charge in [0.2, 0.25) is 5.91 Å². The summed E-state index contributed by atoms with van der Waals surface area (Å²) in [5.41, 5.74) is 5.20.